The molecule has 2 amide bonds. The van der Waals surface area contributed by atoms with Crippen molar-refractivity contribution in [1.29, 1.82) is 0 Å². The van der Waals surface area contributed by atoms with Crippen LogP contribution in [0.25, 0.3) is 0 Å². The van der Waals surface area contributed by atoms with Gasteiger partial charge in [-0.15, -0.1) is 0 Å². The topological polar surface area (TPSA) is 65.1 Å². The molecule has 186 valence electrons. The first-order chi connectivity index (χ1) is 15.1. The molecule has 1 saturated heterocycles. The molecular weight excluding hydrogens is 438 g/mol. The van der Waals surface area contributed by atoms with Gasteiger partial charge in [0.15, 0.2) is 16.6 Å². The highest BCUT2D eigenvalue weighted by Gasteiger charge is 2.45. The van der Waals surface area contributed by atoms with Gasteiger partial charge >= 0.3 is 6.09 Å². The van der Waals surface area contributed by atoms with Crippen LogP contribution in [0.1, 0.15) is 61.8 Å². The molecule has 0 N–H and O–H groups in total. The molecule has 2 atom stereocenters. The maximum absolute atomic E-state index is 13.7. The van der Waals surface area contributed by atoms with Crippen LogP contribution >= 0.6 is 0 Å². The minimum atomic E-state index is -2.09. The molecule has 6 nitrogen and oxygen atoms in total. The van der Waals surface area contributed by atoms with Crippen LogP contribution < -0.4 is 0 Å². The van der Waals surface area contributed by atoms with Crippen LogP contribution in [-0.4, -0.2) is 58.9 Å². The molecule has 32 heavy (non-hydrogen) atoms. The second kappa shape index (κ2) is 13.1. The fourth-order valence-electron chi connectivity index (χ4n) is 4.45. The predicted molar refractivity (Wildman–Crippen MR) is 136 cm³/mol. The molecule has 1 rings (SSSR count). The quantitative estimate of drug-likeness (QED) is 0.200. The highest BCUT2D eigenvalue weighted by Crippen LogP contribution is 2.29. The molecule has 0 aliphatic carbocycles. The average Bonchev–Trinajstić information content (AvgIpc) is 3.19. The monoisotopic (exact) mass is 485 g/mol. The Balaban J connectivity index is 3.11. The second-order valence-corrected chi connectivity index (χ2v) is 18.9. The van der Waals surface area contributed by atoms with E-state index in [0.717, 1.165) is 41.8 Å². The Bertz CT molecular complexity index is 615. The lowest BCUT2D eigenvalue weighted by Gasteiger charge is -2.35. The predicted octanol–water partition coefficient (Wildman–Crippen LogP) is 6.35. The third kappa shape index (κ3) is 7.01. The van der Waals surface area contributed by atoms with Gasteiger partial charge in [-0.25, -0.2) is 9.69 Å². The average molecular weight is 486 g/mol. The summed E-state index contributed by atoms with van der Waals surface area (Å²) in [5.41, 5.74) is 0.857. The Kier molecular flexibility index (Phi) is 11.9. The van der Waals surface area contributed by atoms with E-state index in [1.807, 2.05) is 13.8 Å². The van der Waals surface area contributed by atoms with Crippen molar-refractivity contribution in [2.45, 2.75) is 110 Å². The van der Waals surface area contributed by atoms with E-state index < -0.39 is 28.8 Å². The van der Waals surface area contributed by atoms with Crippen LogP contribution in [-0.2, 0) is 18.4 Å². The van der Waals surface area contributed by atoms with Crippen molar-refractivity contribution in [2.24, 2.45) is 5.92 Å². The van der Waals surface area contributed by atoms with Gasteiger partial charge < -0.3 is 13.6 Å². The normalized spacial score (nSPS) is 18.2. The number of hydrogen-bond donors (Lipinski definition) is 0. The van der Waals surface area contributed by atoms with Gasteiger partial charge in [0, 0.05) is 6.42 Å². The molecule has 0 aromatic carbocycles. The van der Waals surface area contributed by atoms with Crippen LogP contribution in [0, 0.1) is 5.92 Å². The minimum Gasteiger partial charge on any atom is -0.447 e. The van der Waals surface area contributed by atoms with Crippen LogP contribution in [0.5, 0.6) is 0 Å². The van der Waals surface area contributed by atoms with Crippen LogP contribution in [0.4, 0.5) is 4.79 Å². The summed E-state index contributed by atoms with van der Waals surface area (Å²) >= 11 is 0. The molecule has 1 aliphatic heterocycles. The summed E-state index contributed by atoms with van der Waals surface area (Å²) in [7, 11) is -3.84. The third-order valence-electron chi connectivity index (χ3n) is 7.50. The zero-order valence-corrected chi connectivity index (χ0v) is 23.8. The molecule has 0 aromatic heterocycles. The number of carbonyl (C=O) groups excluding carboxylic acids is 2. The lowest BCUT2D eigenvalue weighted by atomic mass is 10.0. The smallest absolute Gasteiger partial charge is 0.417 e. The first kappa shape index (κ1) is 29.1. The molecule has 0 aromatic rings. The molecule has 0 unspecified atom stereocenters. The summed E-state index contributed by atoms with van der Waals surface area (Å²) in [5.74, 6) is -0.169. The molecular formula is C24H47NO5Si2. The van der Waals surface area contributed by atoms with Crippen molar-refractivity contribution in [1.82, 2.24) is 4.90 Å². The molecule has 1 fully saturated rings. The fourth-order valence-corrected chi connectivity index (χ4v) is 9.86. The van der Waals surface area contributed by atoms with E-state index >= 15 is 0 Å². The molecule has 0 saturated carbocycles. The maximum Gasteiger partial charge on any atom is 0.417 e. The van der Waals surface area contributed by atoms with Gasteiger partial charge in [0.2, 0.25) is 0 Å². The van der Waals surface area contributed by atoms with Crippen molar-refractivity contribution < 1.29 is 23.2 Å². The van der Waals surface area contributed by atoms with Gasteiger partial charge in [-0.05, 0) is 42.2 Å². The first-order valence-corrected chi connectivity index (χ1v) is 17.6. The molecule has 0 spiro atoms. The van der Waals surface area contributed by atoms with Crippen molar-refractivity contribution in [3.8, 4) is 0 Å². The first-order valence-electron chi connectivity index (χ1n) is 12.6. The van der Waals surface area contributed by atoms with Crippen LogP contribution in [0.3, 0.4) is 0 Å². The van der Waals surface area contributed by atoms with Gasteiger partial charge in [0.1, 0.15) is 12.7 Å². The number of cyclic esters (lactones) is 1. The van der Waals surface area contributed by atoms with Crippen molar-refractivity contribution in [3.05, 3.63) is 12.2 Å². The number of amides is 2. The Hall–Kier alpha value is -0.966. The summed E-state index contributed by atoms with van der Waals surface area (Å²) < 4.78 is 18.3. The number of ether oxygens (including phenoxy) is 1. The molecule has 1 aliphatic rings. The van der Waals surface area contributed by atoms with E-state index in [1.54, 1.807) is 0 Å². The van der Waals surface area contributed by atoms with E-state index in [2.05, 4.69) is 48.1 Å². The Morgan fingerprint density at radius 1 is 1.03 bits per heavy atom. The van der Waals surface area contributed by atoms with E-state index in [0.29, 0.717) is 13.0 Å². The van der Waals surface area contributed by atoms with Gasteiger partial charge in [-0.1, -0.05) is 67.5 Å². The van der Waals surface area contributed by atoms with Crippen LogP contribution in [0.15, 0.2) is 12.2 Å². The summed E-state index contributed by atoms with van der Waals surface area (Å²) in [4.78, 5) is 27.4. The largest absolute Gasteiger partial charge is 0.447 e. The van der Waals surface area contributed by atoms with Gasteiger partial charge in [-0.2, -0.15) is 0 Å². The Morgan fingerprint density at radius 2 is 1.53 bits per heavy atom. The Morgan fingerprint density at radius 3 is 1.97 bits per heavy atom. The maximum atomic E-state index is 13.7. The zero-order valence-electron chi connectivity index (χ0n) is 21.8. The summed E-state index contributed by atoms with van der Waals surface area (Å²) in [6.45, 7) is 22.0. The lowest BCUT2D eigenvalue weighted by molar-refractivity contribution is -0.137. The number of nitrogens with zero attached hydrogens (tertiary/aromatic N) is 1. The third-order valence-corrected chi connectivity index (χ3v) is 16.8. The molecule has 0 radical (unpaired) electrons. The van der Waals surface area contributed by atoms with E-state index in [4.69, 9.17) is 13.6 Å². The molecule has 8 heteroatoms. The summed E-state index contributed by atoms with van der Waals surface area (Å²) in [6.07, 6.45) is -0.898. The van der Waals surface area contributed by atoms with Gasteiger partial charge in [0.25, 0.3) is 5.91 Å². The number of carbonyl (C=O) groups is 2. The minimum absolute atomic E-state index is 0.119. The number of hydrogen-bond acceptors (Lipinski definition) is 5. The van der Waals surface area contributed by atoms with Crippen molar-refractivity contribution >= 4 is 28.6 Å². The van der Waals surface area contributed by atoms with Gasteiger partial charge in [-0.3, -0.25) is 4.79 Å². The van der Waals surface area contributed by atoms with Crippen LogP contribution in [0.2, 0.25) is 36.3 Å². The lowest BCUT2D eigenvalue weighted by Crippen LogP contribution is -2.51. The highest BCUT2D eigenvalue weighted by molar-refractivity contribution is 6.74. The zero-order chi connectivity index (χ0) is 24.5. The van der Waals surface area contributed by atoms with E-state index in [9.17, 15) is 9.59 Å². The van der Waals surface area contributed by atoms with E-state index in [1.165, 1.54) is 4.90 Å². The fraction of sp³-hybridized carbons (Fsp3) is 0.833. The van der Waals surface area contributed by atoms with Crippen molar-refractivity contribution in [3.63, 3.8) is 0 Å². The molecule has 0 bridgehead atoms. The summed E-state index contributed by atoms with van der Waals surface area (Å²) in [6, 6.07) is 5.75. The Labute approximate surface area is 198 Å². The number of imide groups is 1. The van der Waals surface area contributed by atoms with Crippen molar-refractivity contribution in [2.75, 3.05) is 13.2 Å². The number of rotatable bonds is 15. The SMILES string of the molecule is C=C(CO[Si](CC)(CC)CC)C[C@@H](O[Si](CC)(CC)CC)C(=O)N1C(=O)OC[C@@H]1C(C)C. The van der Waals surface area contributed by atoms with Gasteiger partial charge in [0.05, 0.1) is 12.6 Å². The van der Waals surface area contributed by atoms with E-state index in [-0.39, 0.29) is 24.5 Å². The highest BCUT2D eigenvalue weighted by atomic mass is 28.4. The second-order valence-electron chi connectivity index (χ2n) is 9.43. The standard InChI is InChI=1S/C24H47NO5Si2/c1-10-31(11-2,12-3)29-17-20(9)16-22(30-32(13-4,14-5)15-6)23(26)25-21(19(7)8)18-28-24(25)27/h19,21-22H,9-18H2,1-8H3/t21-,22-/m1/s1. The molecule has 1 heterocycles. The summed E-state index contributed by atoms with van der Waals surface area (Å²) in [5, 5.41) is 0.